The van der Waals surface area contributed by atoms with E-state index in [9.17, 15) is 0 Å². The minimum absolute atomic E-state index is 0.00756. The number of carbonyl (C=O) groups excluding carboxylic acids is 4. The van der Waals surface area contributed by atoms with Crippen molar-refractivity contribution in [1.29, 1.82) is 0 Å². The van der Waals surface area contributed by atoms with Crippen LogP contribution in [0.15, 0.2) is 72.8 Å². The third-order valence-electron chi connectivity index (χ3n) is 16.4. The molecule has 0 aliphatic carbocycles. The van der Waals surface area contributed by atoms with Gasteiger partial charge in [0.15, 0.2) is 0 Å². The fraction of sp³-hybridized carbons (Fsp3) is 0.419. The fourth-order valence-electron chi connectivity index (χ4n) is 13.1. The molecule has 0 N–H and O–H groups in total. The van der Waals surface area contributed by atoms with Crippen molar-refractivity contribution in [2.75, 3.05) is 45.8 Å². The van der Waals surface area contributed by atoms with Crippen LogP contribution in [0.2, 0.25) is 0 Å². The van der Waals surface area contributed by atoms with Crippen LogP contribution in [-0.4, -0.2) is 49.8 Å². The summed E-state index contributed by atoms with van der Waals surface area (Å²) in [5.41, 5.74) is 9.27. The van der Waals surface area contributed by atoms with Crippen molar-refractivity contribution in [3.8, 4) is 0 Å². The zero-order valence-electron chi connectivity index (χ0n) is 43.3. The normalized spacial score (nSPS) is 18.3. The SMILES string of the molecule is CC(C)c1cccc(C(C)C)c1N1C(=O)c2ccc3c4c(N5CCCC(C)(C)C5)cc5c6c(ccc(c7c(N8CCCC(C)(C)C8)cc(c2c37)C1=O)c64)C(=O)N(c1c(C(C)C)cccc1C(C)C)C5=O. The summed E-state index contributed by atoms with van der Waals surface area (Å²) in [6.45, 7) is 29.4. The first-order chi connectivity index (χ1) is 33.2. The molecule has 8 heteroatoms. The average molecular weight is 933 g/mol. The van der Waals surface area contributed by atoms with Crippen LogP contribution in [0.5, 0.6) is 0 Å². The van der Waals surface area contributed by atoms with Crippen molar-refractivity contribution >= 4 is 89.5 Å². The number of anilines is 4. The molecule has 0 unspecified atom stereocenters. The highest BCUT2D eigenvalue weighted by molar-refractivity contribution is 6.48. The van der Waals surface area contributed by atoms with E-state index in [1.807, 2.05) is 24.3 Å². The van der Waals surface area contributed by atoms with E-state index in [1.165, 1.54) is 9.80 Å². The highest BCUT2D eigenvalue weighted by Crippen LogP contribution is 2.54. The predicted molar refractivity (Wildman–Crippen MR) is 290 cm³/mol. The summed E-state index contributed by atoms with van der Waals surface area (Å²) in [4.78, 5) is 70.4. The molecular formula is C62H68N4O4. The lowest BCUT2D eigenvalue weighted by molar-refractivity contribution is 0.0877. The van der Waals surface area contributed by atoms with Gasteiger partial charge in [0.1, 0.15) is 0 Å². The molecule has 2 fully saturated rings. The van der Waals surface area contributed by atoms with Crippen molar-refractivity contribution in [3.63, 3.8) is 0 Å². The van der Waals surface area contributed by atoms with Crippen LogP contribution in [-0.2, 0) is 0 Å². The number of hydrogen-bond donors (Lipinski definition) is 0. The lowest BCUT2D eigenvalue weighted by Gasteiger charge is -2.42. The van der Waals surface area contributed by atoms with Crippen LogP contribution >= 0.6 is 0 Å². The van der Waals surface area contributed by atoms with Crippen LogP contribution < -0.4 is 19.6 Å². The maximum atomic E-state index is 15.8. The number of para-hydroxylation sites is 2. The molecule has 4 aliphatic rings. The summed E-state index contributed by atoms with van der Waals surface area (Å²) in [5, 5.41) is 6.93. The Morgan fingerprint density at radius 3 is 1.06 bits per heavy atom. The van der Waals surface area contributed by atoms with Crippen LogP contribution in [0.3, 0.4) is 0 Å². The molecule has 8 nitrogen and oxygen atoms in total. The number of benzene rings is 7. The molecule has 0 saturated carbocycles. The number of fused-ring (bicyclic) bond motifs is 2. The highest BCUT2D eigenvalue weighted by atomic mass is 16.2. The van der Waals surface area contributed by atoms with Gasteiger partial charge in [-0.15, -0.1) is 0 Å². The Morgan fingerprint density at radius 1 is 0.414 bits per heavy atom. The Morgan fingerprint density at radius 2 is 0.743 bits per heavy atom. The fourth-order valence-corrected chi connectivity index (χ4v) is 13.1. The topological polar surface area (TPSA) is 81.2 Å². The summed E-state index contributed by atoms with van der Waals surface area (Å²) in [5.74, 6) is -0.953. The first kappa shape index (κ1) is 46.1. The molecular weight excluding hydrogens is 865 g/mol. The Balaban J connectivity index is 1.28. The maximum Gasteiger partial charge on any atom is 0.266 e. The lowest BCUT2D eigenvalue weighted by Crippen LogP contribution is -2.43. The molecule has 4 aliphatic heterocycles. The van der Waals surface area contributed by atoms with E-state index in [0.717, 1.165) is 118 Å². The van der Waals surface area contributed by atoms with Crippen molar-refractivity contribution in [1.82, 2.24) is 0 Å². The van der Waals surface area contributed by atoms with Gasteiger partial charge in [0.2, 0.25) is 0 Å². The standard InChI is InChI=1S/C62H68N4O4/c1-33(2)37-17-13-18-38(34(3)4)55(37)65-57(67)43-23-21-41-52-48(64-28-16-26-62(11,12)32-64)30-46-50-44(58(68)66(60(46)70)56-39(35(5)6)19-14-20-40(56)36(7)8)24-22-42(54(50)52)51-47(63-27-15-25-61(9,10)31-63)29-45(59(65)69)49(43)53(41)51/h13-14,17-24,29-30,33-36H,15-16,25-28,31-32H2,1-12H3. The predicted octanol–water partition coefficient (Wildman–Crippen LogP) is 15.1. The minimum atomic E-state index is -0.315. The monoisotopic (exact) mass is 933 g/mol. The van der Waals surface area contributed by atoms with E-state index in [1.54, 1.807) is 0 Å². The van der Waals surface area contributed by atoms with E-state index in [2.05, 4.69) is 141 Å². The molecule has 0 spiro atoms. The first-order valence-electron chi connectivity index (χ1n) is 26.0. The van der Waals surface area contributed by atoms with E-state index in [4.69, 9.17) is 0 Å². The second kappa shape index (κ2) is 16.1. The summed E-state index contributed by atoms with van der Waals surface area (Å²) < 4.78 is 0. The Kier molecular flexibility index (Phi) is 10.6. The molecule has 70 heavy (non-hydrogen) atoms. The second-order valence-corrected chi connectivity index (χ2v) is 23.9. The molecule has 0 bridgehead atoms. The van der Waals surface area contributed by atoms with Gasteiger partial charge in [-0.05, 0) is 117 Å². The number of hydrogen-bond acceptors (Lipinski definition) is 6. The number of amides is 4. The van der Waals surface area contributed by atoms with Crippen LogP contribution in [0.1, 0.15) is 196 Å². The Bertz CT molecular complexity index is 3130. The van der Waals surface area contributed by atoms with Gasteiger partial charge in [-0.25, -0.2) is 9.80 Å². The summed E-state index contributed by atoms with van der Waals surface area (Å²) in [6, 6.07) is 24.6. The molecule has 2 saturated heterocycles. The molecule has 11 rings (SSSR count). The zero-order chi connectivity index (χ0) is 49.6. The highest BCUT2D eigenvalue weighted by Gasteiger charge is 2.43. The van der Waals surface area contributed by atoms with Crippen LogP contribution in [0, 0.1) is 10.8 Å². The van der Waals surface area contributed by atoms with Gasteiger partial charge in [-0.2, -0.15) is 0 Å². The van der Waals surface area contributed by atoms with Crippen LogP contribution in [0.4, 0.5) is 22.7 Å². The van der Waals surface area contributed by atoms with E-state index in [0.29, 0.717) is 44.4 Å². The van der Waals surface area contributed by atoms with Gasteiger partial charge in [0.05, 0.1) is 22.5 Å². The summed E-state index contributed by atoms with van der Waals surface area (Å²) in [7, 11) is 0. The van der Waals surface area contributed by atoms with E-state index < -0.39 is 0 Å². The van der Waals surface area contributed by atoms with Gasteiger partial charge in [-0.3, -0.25) is 19.2 Å². The van der Waals surface area contributed by atoms with Gasteiger partial charge in [0, 0.05) is 81.0 Å². The average Bonchev–Trinajstić information content (AvgIpc) is 3.30. The smallest absolute Gasteiger partial charge is 0.266 e. The second-order valence-electron chi connectivity index (χ2n) is 23.9. The van der Waals surface area contributed by atoms with Crippen molar-refractivity contribution < 1.29 is 19.2 Å². The number of piperidine rings is 2. The van der Waals surface area contributed by atoms with Gasteiger partial charge in [0.25, 0.3) is 23.6 Å². The van der Waals surface area contributed by atoms with Crippen molar-refractivity contribution in [2.24, 2.45) is 10.8 Å². The molecule has 7 aromatic carbocycles. The van der Waals surface area contributed by atoms with Crippen molar-refractivity contribution in [2.45, 2.75) is 132 Å². The number of rotatable bonds is 8. The number of imide groups is 2. The molecule has 7 aromatic rings. The number of nitrogens with zero attached hydrogens (tertiary/aromatic N) is 4. The molecule has 4 heterocycles. The number of carbonyl (C=O) groups is 4. The summed E-state index contributed by atoms with van der Waals surface area (Å²) >= 11 is 0. The Hall–Kier alpha value is -6.28. The third kappa shape index (κ3) is 6.74. The maximum absolute atomic E-state index is 15.8. The summed E-state index contributed by atoms with van der Waals surface area (Å²) in [6.07, 6.45) is 4.15. The third-order valence-corrected chi connectivity index (χ3v) is 16.4. The van der Waals surface area contributed by atoms with E-state index >= 15 is 19.2 Å². The van der Waals surface area contributed by atoms with Gasteiger partial charge < -0.3 is 9.80 Å². The molecule has 0 atom stereocenters. The van der Waals surface area contributed by atoms with E-state index in [-0.39, 0.29) is 58.1 Å². The van der Waals surface area contributed by atoms with Crippen molar-refractivity contribution in [3.05, 3.63) is 117 Å². The molecule has 4 amide bonds. The first-order valence-corrected chi connectivity index (χ1v) is 26.0. The van der Waals surface area contributed by atoms with Gasteiger partial charge >= 0.3 is 0 Å². The van der Waals surface area contributed by atoms with Crippen LogP contribution in [0.25, 0.3) is 43.1 Å². The molecule has 0 aromatic heterocycles. The largest absolute Gasteiger partial charge is 0.370 e. The quantitative estimate of drug-likeness (QED) is 0.0858. The minimum Gasteiger partial charge on any atom is -0.370 e. The lowest BCUT2D eigenvalue weighted by atomic mass is 9.78. The Labute approximate surface area is 413 Å². The van der Waals surface area contributed by atoms with Gasteiger partial charge in [-0.1, -0.05) is 132 Å². The zero-order valence-corrected chi connectivity index (χ0v) is 43.3. The molecule has 360 valence electrons. The molecule has 0 radical (unpaired) electrons.